The van der Waals surface area contributed by atoms with Gasteiger partial charge in [-0.05, 0) is 33.6 Å². The molecule has 3 atom stereocenters. The quantitative estimate of drug-likeness (QED) is 0.439. The molecule has 37 heavy (non-hydrogen) atoms. The summed E-state index contributed by atoms with van der Waals surface area (Å²) in [5.74, 6) is -0.276. The molecule has 1 fully saturated rings. The number of carbonyl (C=O) groups excluding carboxylic acids is 2. The molecule has 0 bridgehead atoms. The van der Waals surface area contributed by atoms with Crippen molar-refractivity contribution in [1.82, 2.24) is 15.2 Å². The van der Waals surface area contributed by atoms with E-state index >= 15 is 0 Å². The lowest BCUT2D eigenvalue weighted by Crippen LogP contribution is -2.47. The molecule has 2 aromatic carbocycles. The number of oxime groups is 1. The number of likely N-dealkylation sites (tertiary alicyclic amines) is 1. The van der Waals surface area contributed by atoms with Crippen molar-refractivity contribution >= 4 is 43.5 Å². The third-order valence-corrected chi connectivity index (χ3v) is 6.81. The van der Waals surface area contributed by atoms with E-state index in [1.807, 2.05) is 60.7 Å². The first kappa shape index (κ1) is 25.2. The molecule has 2 aliphatic heterocycles. The monoisotopic (exact) mass is 566 g/mol. The van der Waals surface area contributed by atoms with Crippen molar-refractivity contribution in [3.8, 4) is 0 Å². The van der Waals surface area contributed by atoms with Gasteiger partial charge in [-0.2, -0.15) is 0 Å². The Balaban J connectivity index is 1.22. The van der Waals surface area contributed by atoms with Crippen molar-refractivity contribution in [2.45, 2.75) is 44.3 Å². The Hall–Kier alpha value is -3.50. The van der Waals surface area contributed by atoms with Crippen LogP contribution < -0.4 is 5.32 Å². The molecule has 2 aliphatic rings. The number of hydrogen-bond acceptors (Lipinski definition) is 7. The average molecular weight is 567 g/mol. The van der Waals surface area contributed by atoms with Crippen LogP contribution in [0.5, 0.6) is 0 Å². The Labute approximate surface area is 222 Å². The van der Waals surface area contributed by atoms with Gasteiger partial charge in [0.15, 0.2) is 6.10 Å². The number of pyridine rings is 1. The molecule has 0 radical (unpaired) electrons. The van der Waals surface area contributed by atoms with Gasteiger partial charge in [0.25, 0.3) is 0 Å². The van der Waals surface area contributed by atoms with Gasteiger partial charge in [-0.15, -0.1) is 0 Å². The summed E-state index contributed by atoms with van der Waals surface area (Å²) in [7, 11) is 0. The minimum Gasteiger partial charge on any atom is -0.444 e. The Morgan fingerprint density at radius 1 is 1.08 bits per heavy atom. The van der Waals surface area contributed by atoms with Crippen LogP contribution in [0.4, 0.5) is 4.79 Å². The highest BCUT2D eigenvalue weighted by molar-refractivity contribution is 9.18. The highest BCUT2D eigenvalue weighted by Gasteiger charge is 2.41. The number of carbonyl (C=O) groups is 2. The Bertz CT molecular complexity index is 1290. The highest BCUT2D eigenvalue weighted by Crippen LogP contribution is 2.24. The zero-order chi connectivity index (χ0) is 25.6. The van der Waals surface area contributed by atoms with Crippen LogP contribution in [0.3, 0.4) is 0 Å². The summed E-state index contributed by atoms with van der Waals surface area (Å²) in [6.07, 6.45) is 1.53. The normalized spacial score (nSPS) is 20.9. The fourth-order valence-electron chi connectivity index (χ4n) is 4.42. The lowest BCUT2D eigenvalue weighted by atomic mass is 10.1. The molecule has 10 heteroatoms. The fourth-order valence-corrected chi connectivity index (χ4v) is 4.86. The van der Waals surface area contributed by atoms with Gasteiger partial charge in [-0.1, -0.05) is 53.7 Å². The van der Waals surface area contributed by atoms with E-state index in [9.17, 15) is 9.59 Å². The van der Waals surface area contributed by atoms with Crippen molar-refractivity contribution in [2.24, 2.45) is 5.16 Å². The molecular weight excluding hydrogens is 540 g/mol. The summed E-state index contributed by atoms with van der Waals surface area (Å²) < 4.78 is 12.4. The van der Waals surface area contributed by atoms with E-state index in [2.05, 4.69) is 31.4 Å². The van der Waals surface area contributed by atoms with Crippen LogP contribution in [0.25, 0.3) is 10.9 Å². The minimum absolute atomic E-state index is 0.0539. The molecule has 9 nitrogen and oxygen atoms in total. The number of nitrogens with one attached hydrogen (secondary N) is 1. The summed E-state index contributed by atoms with van der Waals surface area (Å²) in [4.78, 5) is 37.4. The molecule has 1 aromatic heterocycles. The second-order valence-corrected chi connectivity index (χ2v) is 9.97. The molecule has 1 N–H and O–H groups in total. The number of hydrogen-bond donors (Lipinski definition) is 1. The molecule has 2 amide bonds. The van der Waals surface area contributed by atoms with Gasteiger partial charge in [0.1, 0.15) is 17.3 Å². The van der Waals surface area contributed by atoms with Crippen LogP contribution in [0, 0.1) is 0 Å². The van der Waals surface area contributed by atoms with E-state index in [0.717, 1.165) is 22.0 Å². The summed E-state index contributed by atoms with van der Waals surface area (Å²) in [6.45, 7) is 0.995. The minimum atomic E-state index is -0.714. The lowest BCUT2D eigenvalue weighted by Gasteiger charge is -2.23. The molecule has 192 valence electrons. The lowest BCUT2D eigenvalue weighted by molar-refractivity contribution is -0.125. The molecule has 0 spiro atoms. The van der Waals surface area contributed by atoms with Crippen molar-refractivity contribution < 1.29 is 23.9 Å². The second kappa shape index (κ2) is 11.7. The maximum Gasteiger partial charge on any atom is 0.410 e. The number of para-hydroxylation sites is 1. The molecule has 0 saturated carbocycles. The van der Waals surface area contributed by atoms with Crippen molar-refractivity contribution in [3.05, 3.63) is 78.0 Å². The van der Waals surface area contributed by atoms with Crippen LogP contribution in [-0.4, -0.2) is 57.8 Å². The van der Waals surface area contributed by atoms with Crippen LogP contribution in [-0.2, 0) is 32.3 Å². The van der Waals surface area contributed by atoms with Crippen LogP contribution in [0.2, 0.25) is 0 Å². The molecule has 3 heterocycles. The fraction of sp³-hybridized carbons (Fsp3) is 0.333. The third-order valence-electron chi connectivity index (χ3n) is 6.34. The zero-order valence-corrected chi connectivity index (χ0v) is 21.7. The molecule has 0 aliphatic carbocycles. The zero-order valence-electron chi connectivity index (χ0n) is 20.1. The van der Waals surface area contributed by atoms with Gasteiger partial charge in [0, 0.05) is 30.0 Å². The summed E-state index contributed by atoms with van der Waals surface area (Å²) >= 11 is 3.30. The molecule has 1 saturated heterocycles. The highest BCUT2D eigenvalue weighted by atomic mass is 79.9. The first-order chi connectivity index (χ1) is 18.0. The summed E-state index contributed by atoms with van der Waals surface area (Å²) in [5, 5.41) is 7.70. The Kier molecular flexibility index (Phi) is 7.96. The number of ether oxygens (including phenoxy) is 2. The summed E-state index contributed by atoms with van der Waals surface area (Å²) in [6, 6.07) is 18.8. The second-order valence-electron chi connectivity index (χ2n) is 9.06. The number of benzene rings is 2. The first-order valence-electron chi connectivity index (χ1n) is 12.1. The molecule has 3 aromatic rings. The third kappa shape index (κ3) is 6.44. The predicted molar refractivity (Wildman–Crippen MR) is 141 cm³/mol. The van der Waals surface area contributed by atoms with Gasteiger partial charge in [0.2, 0.25) is 5.91 Å². The van der Waals surface area contributed by atoms with Gasteiger partial charge in [-0.3, -0.25) is 14.7 Å². The maximum absolute atomic E-state index is 13.1. The molecule has 5 rings (SSSR count). The molecule has 0 unspecified atom stereocenters. The number of halogens is 1. The number of rotatable bonds is 8. The maximum atomic E-state index is 13.1. The SMILES string of the molecule is O=C(NC[C@@H]1CC(Br)=NO1)[C@@H]1C[C@@H](OCc2ccccc2)CN1C(=O)OCc1cnc2ccccc2c1. The largest absolute Gasteiger partial charge is 0.444 e. The number of amides is 2. The van der Waals surface area contributed by atoms with Gasteiger partial charge in [-0.25, -0.2) is 4.79 Å². The first-order valence-corrected chi connectivity index (χ1v) is 12.9. The standard InChI is InChI=1S/C27H27BrN4O5/c28-25-12-21(37-31-25)14-30-26(33)24-11-22(35-16-18-6-2-1-3-7-18)15-32(24)27(34)36-17-19-10-20-8-4-5-9-23(20)29-13-19/h1-10,13,21-22,24H,11-12,14-17H2,(H,30,33)/t21-,22+,24-/m0/s1. The van der Waals surface area contributed by atoms with Crippen LogP contribution in [0.15, 0.2) is 72.0 Å². The topological polar surface area (TPSA) is 102 Å². The van der Waals surface area contributed by atoms with E-state index in [1.54, 1.807) is 6.20 Å². The molecular formula is C27H27BrN4O5. The Morgan fingerprint density at radius 3 is 2.70 bits per heavy atom. The number of nitrogens with zero attached hydrogens (tertiary/aromatic N) is 3. The van der Waals surface area contributed by atoms with E-state index in [4.69, 9.17) is 14.3 Å². The van der Waals surface area contributed by atoms with Crippen molar-refractivity contribution in [3.63, 3.8) is 0 Å². The van der Waals surface area contributed by atoms with Crippen molar-refractivity contribution in [2.75, 3.05) is 13.1 Å². The van der Waals surface area contributed by atoms with Gasteiger partial charge >= 0.3 is 6.09 Å². The number of fused-ring (bicyclic) bond motifs is 1. The van der Waals surface area contributed by atoms with E-state index < -0.39 is 12.1 Å². The van der Waals surface area contributed by atoms with Gasteiger partial charge < -0.3 is 19.6 Å². The van der Waals surface area contributed by atoms with Crippen molar-refractivity contribution in [1.29, 1.82) is 0 Å². The average Bonchev–Trinajstić information content (AvgIpc) is 3.56. The number of aromatic nitrogens is 1. The van der Waals surface area contributed by atoms with E-state index in [-0.39, 0.29) is 37.8 Å². The van der Waals surface area contributed by atoms with Crippen LogP contribution >= 0.6 is 15.9 Å². The van der Waals surface area contributed by atoms with E-state index in [0.29, 0.717) is 24.1 Å². The van der Waals surface area contributed by atoms with Crippen LogP contribution in [0.1, 0.15) is 24.0 Å². The predicted octanol–water partition coefficient (Wildman–Crippen LogP) is 4.14. The van der Waals surface area contributed by atoms with Gasteiger partial charge in [0.05, 0.1) is 31.3 Å². The van der Waals surface area contributed by atoms with E-state index in [1.165, 1.54) is 4.90 Å². The smallest absolute Gasteiger partial charge is 0.410 e. The summed E-state index contributed by atoms with van der Waals surface area (Å²) in [5.41, 5.74) is 2.67. The Morgan fingerprint density at radius 2 is 1.89 bits per heavy atom.